The molecule has 0 heterocycles. The molecule has 2 N–H and O–H groups in total. The van der Waals surface area contributed by atoms with Gasteiger partial charge in [-0.3, -0.25) is 30.0 Å². The summed E-state index contributed by atoms with van der Waals surface area (Å²) in [6.45, 7) is 0. The third-order valence-electron chi connectivity index (χ3n) is 1.98. The number of non-ortho nitro benzene ring substituents is 1. The molecule has 10 nitrogen and oxygen atoms in total. The second kappa shape index (κ2) is 5.27. The van der Waals surface area contributed by atoms with Crippen LogP contribution in [-0.4, -0.2) is 19.6 Å². The molecule has 0 fully saturated rings. The Morgan fingerprint density at radius 2 is 1.67 bits per heavy atom. The van der Waals surface area contributed by atoms with E-state index < -0.39 is 46.5 Å². The SMILES string of the molecule is O=[N+]([O-])c1cc([N+](=O)[O-])c(OP(=O)(O)O)c(C(F)(F)F)c1. The van der Waals surface area contributed by atoms with Gasteiger partial charge in [0.25, 0.3) is 5.69 Å². The third kappa shape index (κ3) is 4.11. The number of nitro benzene ring substituents is 2. The zero-order chi connectivity index (χ0) is 16.6. The summed E-state index contributed by atoms with van der Waals surface area (Å²) in [6, 6.07) is -0.0295. The summed E-state index contributed by atoms with van der Waals surface area (Å²) in [6.07, 6.45) is -5.37. The van der Waals surface area contributed by atoms with Crippen LogP contribution in [0, 0.1) is 20.2 Å². The summed E-state index contributed by atoms with van der Waals surface area (Å²) in [4.78, 5) is 35.3. The summed E-state index contributed by atoms with van der Waals surface area (Å²) in [5.41, 5.74) is -4.93. The molecule has 1 aromatic carbocycles. The maximum Gasteiger partial charge on any atom is 0.525 e. The predicted octanol–water partition coefficient (Wildman–Crippen LogP) is 1.99. The largest absolute Gasteiger partial charge is 0.525 e. The molecule has 0 spiro atoms. The van der Waals surface area contributed by atoms with Crippen molar-refractivity contribution in [3.05, 3.63) is 37.9 Å². The van der Waals surface area contributed by atoms with Crippen molar-refractivity contribution < 1.29 is 41.9 Å². The average molecular weight is 332 g/mol. The van der Waals surface area contributed by atoms with Crippen molar-refractivity contribution in [1.82, 2.24) is 0 Å². The van der Waals surface area contributed by atoms with E-state index in [0.29, 0.717) is 0 Å². The first kappa shape index (κ1) is 16.8. The van der Waals surface area contributed by atoms with E-state index in [1.165, 1.54) is 0 Å². The Kier molecular flexibility index (Phi) is 4.22. The van der Waals surface area contributed by atoms with Crippen molar-refractivity contribution in [2.24, 2.45) is 0 Å². The number of benzene rings is 1. The van der Waals surface area contributed by atoms with Gasteiger partial charge in [0.1, 0.15) is 5.56 Å². The molecule has 0 saturated heterocycles. The van der Waals surface area contributed by atoms with Gasteiger partial charge in [-0.05, 0) is 0 Å². The molecule has 0 unspecified atom stereocenters. The van der Waals surface area contributed by atoms with Crippen LogP contribution in [0.4, 0.5) is 24.5 Å². The highest BCUT2D eigenvalue weighted by Gasteiger charge is 2.42. The Bertz CT molecular complexity index is 654. The molecule has 21 heavy (non-hydrogen) atoms. The van der Waals surface area contributed by atoms with Crippen LogP contribution in [0.3, 0.4) is 0 Å². The van der Waals surface area contributed by atoms with E-state index in [1.54, 1.807) is 0 Å². The normalized spacial score (nSPS) is 12.0. The number of hydrogen-bond donors (Lipinski definition) is 2. The number of nitro groups is 2. The van der Waals surface area contributed by atoms with Gasteiger partial charge in [0.2, 0.25) is 5.75 Å². The van der Waals surface area contributed by atoms with Gasteiger partial charge >= 0.3 is 19.7 Å². The van der Waals surface area contributed by atoms with Crippen LogP contribution < -0.4 is 4.52 Å². The van der Waals surface area contributed by atoms with E-state index in [9.17, 15) is 38.0 Å². The number of nitrogens with zero attached hydrogens (tertiary/aromatic N) is 2. The van der Waals surface area contributed by atoms with E-state index >= 15 is 0 Å². The van der Waals surface area contributed by atoms with Gasteiger partial charge in [0.05, 0.1) is 15.9 Å². The molecule has 0 aliphatic rings. The number of alkyl halides is 3. The first-order valence-electron chi connectivity index (χ1n) is 4.62. The predicted molar refractivity (Wildman–Crippen MR) is 57.4 cm³/mol. The van der Waals surface area contributed by atoms with Gasteiger partial charge in [0, 0.05) is 6.07 Å². The highest BCUT2D eigenvalue weighted by molar-refractivity contribution is 7.46. The molecule has 0 aliphatic heterocycles. The van der Waals surface area contributed by atoms with E-state index in [2.05, 4.69) is 4.52 Å². The Labute approximate surface area is 112 Å². The lowest BCUT2D eigenvalue weighted by Crippen LogP contribution is -2.10. The second-order valence-corrected chi connectivity index (χ2v) is 4.60. The fourth-order valence-corrected chi connectivity index (χ4v) is 1.69. The fraction of sp³-hybridized carbons (Fsp3) is 0.143. The zero-order valence-electron chi connectivity index (χ0n) is 9.47. The second-order valence-electron chi connectivity index (χ2n) is 3.44. The Morgan fingerprint density at radius 1 is 1.14 bits per heavy atom. The van der Waals surface area contributed by atoms with Crippen molar-refractivity contribution in [3.63, 3.8) is 0 Å². The Hall–Kier alpha value is -2.24. The molecule has 0 aliphatic carbocycles. The molecule has 0 bridgehead atoms. The number of phosphoric acid groups is 1. The van der Waals surface area contributed by atoms with E-state index in [4.69, 9.17) is 9.79 Å². The quantitative estimate of drug-likeness (QED) is 0.482. The van der Waals surface area contributed by atoms with Gasteiger partial charge < -0.3 is 4.52 Å². The monoisotopic (exact) mass is 332 g/mol. The molecular weight excluding hydrogens is 328 g/mol. The number of hydrogen-bond acceptors (Lipinski definition) is 6. The summed E-state index contributed by atoms with van der Waals surface area (Å²) in [7, 11) is -5.56. The summed E-state index contributed by atoms with van der Waals surface area (Å²) >= 11 is 0. The molecule has 0 atom stereocenters. The van der Waals surface area contributed by atoms with Gasteiger partial charge in [-0.2, -0.15) is 13.2 Å². The molecule has 14 heteroatoms. The minimum Gasteiger partial charge on any atom is -0.396 e. The molecule has 0 saturated carbocycles. The zero-order valence-corrected chi connectivity index (χ0v) is 10.4. The summed E-state index contributed by atoms with van der Waals surface area (Å²) in [5.74, 6) is -1.80. The number of rotatable bonds is 4. The topological polar surface area (TPSA) is 153 Å². The Morgan fingerprint density at radius 3 is 2.00 bits per heavy atom. The Balaban J connectivity index is 3.75. The van der Waals surface area contributed by atoms with Crippen molar-refractivity contribution in [2.75, 3.05) is 0 Å². The van der Waals surface area contributed by atoms with Crippen molar-refractivity contribution in [2.45, 2.75) is 6.18 Å². The fourth-order valence-electron chi connectivity index (χ4n) is 1.27. The van der Waals surface area contributed by atoms with Crippen LogP contribution in [0.25, 0.3) is 0 Å². The molecule has 116 valence electrons. The van der Waals surface area contributed by atoms with Gasteiger partial charge in [0.15, 0.2) is 0 Å². The number of halogens is 3. The maximum absolute atomic E-state index is 12.7. The van der Waals surface area contributed by atoms with Crippen LogP contribution in [0.2, 0.25) is 0 Å². The minimum absolute atomic E-state index is 0.0975. The first-order chi connectivity index (χ1) is 9.33. The van der Waals surface area contributed by atoms with Crippen molar-refractivity contribution >= 4 is 19.2 Å². The highest BCUT2D eigenvalue weighted by atomic mass is 31.2. The van der Waals surface area contributed by atoms with Crippen molar-refractivity contribution in [3.8, 4) is 5.75 Å². The lowest BCUT2D eigenvalue weighted by Gasteiger charge is -2.13. The van der Waals surface area contributed by atoms with Gasteiger partial charge in [-0.1, -0.05) is 0 Å². The maximum atomic E-state index is 12.7. The van der Waals surface area contributed by atoms with Crippen LogP contribution in [-0.2, 0) is 10.7 Å². The third-order valence-corrected chi connectivity index (χ3v) is 2.40. The van der Waals surface area contributed by atoms with Gasteiger partial charge in [-0.25, -0.2) is 4.57 Å². The van der Waals surface area contributed by atoms with Crippen LogP contribution >= 0.6 is 7.82 Å². The van der Waals surface area contributed by atoms with E-state index in [1.807, 2.05) is 0 Å². The van der Waals surface area contributed by atoms with Crippen LogP contribution in [0.5, 0.6) is 5.75 Å². The van der Waals surface area contributed by atoms with E-state index in [0.717, 1.165) is 0 Å². The van der Waals surface area contributed by atoms with Crippen LogP contribution in [0.15, 0.2) is 12.1 Å². The lowest BCUT2D eigenvalue weighted by atomic mass is 10.1. The van der Waals surface area contributed by atoms with Crippen LogP contribution in [0.1, 0.15) is 5.56 Å². The molecule has 0 amide bonds. The molecule has 0 radical (unpaired) electrons. The minimum atomic E-state index is -5.56. The lowest BCUT2D eigenvalue weighted by molar-refractivity contribution is -0.395. The molecule has 0 aromatic heterocycles. The first-order valence-corrected chi connectivity index (χ1v) is 6.15. The standard InChI is InChI=1S/C7H4F3N2O8P/c8-7(9,10)4-1-3(11(13)14)2-5(12(15)16)6(4)20-21(17,18)19/h1-2H,(H2,17,18,19). The summed E-state index contributed by atoms with van der Waals surface area (Å²) < 4.78 is 52.5. The summed E-state index contributed by atoms with van der Waals surface area (Å²) in [5, 5.41) is 21.1. The van der Waals surface area contributed by atoms with Gasteiger partial charge in [-0.15, -0.1) is 0 Å². The molecule has 1 aromatic rings. The number of phosphoric ester groups is 1. The van der Waals surface area contributed by atoms with E-state index in [-0.39, 0.29) is 12.1 Å². The average Bonchev–Trinajstić information content (AvgIpc) is 2.24. The highest BCUT2D eigenvalue weighted by Crippen LogP contribution is 2.49. The smallest absolute Gasteiger partial charge is 0.396 e. The molecular formula is C7H4F3N2O8P. The van der Waals surface area contributed by atoms with Crippen molar-refractivity contribution in [1.29, 1.82) is 0 Å². The molecule has 1 rings (SSSR count).